The first kappa shape index (κ1) is 27.2. The van der Waals surface area contributed by atoms with Gasteiger partial charge < -0.3 is 15.5 Å². The number of carbonyl (C=O) groups excluding carboxylic acids is 2. The first-order chi connectivity index (χ1) is 18.1. The van der Waals surface area contributed by atoms with Crippen LogP contribution >= 0.6 is 0 Å². The molecule has 1 aliphatic heterocycles. The molecule has 4 rings (SSSR count). The van der Waals surface area contributed by atoms with Crippen molar-refractivity contribution in [1.29, 1.82) is 0 Å². The maximum Gasteiger partial charge on any atom is 0.416 e. The molecule has 0 bridgehead atoms. The summed E-state index contributed by atoms with van der Waals surface area (Å²) < 4.78 is 53.0. The van der Waals surface area contributed by atoms with Crippen molar-refractivity contribution >= 4 is 11.9 Å². The van der Waals surface area contributed by atoms with Crippen LogP contribution in [0.4, 0.5) is 22.4 Å². The van der Waals surface area contributed by atoms with E-state index in [9.17, 15) is 27.2 Å². The zero-order chi connectivity index (χ0) is 27.3. The lowest BCUT2D eigenvalue weighted by atomic mass is 9.83. The topological polar surface area (TPSA) is 61.4 Å². The van der Waals surface area contributed by atoms with Crippen LogP contribution in [-0.2, 0) is 24.1 Å². The zero-order valence-electron chi connectivity index (χ0n) is 20.9. The van der Waals surface area contributed by atoms with Gasteiger partial charge in [0.2, 0.25) is 5.91 Å². The number of likely N-dealkylation sites (tertiary alicyclic amines) is 1. The first-order valence-corrected chi connectivity index (χ1v) is 12.4. The summed E-state index contributed by atoms with van der Waals surface area (Å²) in [5.74, 6) is -1.49. The summed E-state index contributed by atoms with van der Waals surface area (Å²) in [5, 5.41) is 5.62. The minimum Gasteiger partial charge on any atom is -0.352 e. The third-order valence-corrected chi connectivity index (χ3v) is 6.77. The fourth-order valence-corrected chi connectivity index (χ4v) is 4.69. The highest BCUT2D eigenvalue weighted by molar-refractivity contribution is 5.81. The normalized spacial score (nSPS) is 17.7. The number of amides is 3. The van der Waals surface area contributed by atoms with E-state index in [1.807, 2.05) is 30.3 Å². The number of rotatable bonds is 6. The van der Waals surface area contributed by atoms with Crippen molar-refractivity contribution in [2.24, 2.45) is 5.92 Å². The maximum absolute atomic E-state index is 13.9. The van der Waals surface area contributed by atoms with Gasteiger partial charge in [0.25, 0.3) is 0 Å². The summed E-state index contributed by atoms with van der Waals surface area (Å²) in [4.78, 5) is 27.8. The molecule has 38 heavy (non-hydrogen) atoms. The van der Waals surface area contributed by atoms with Gasteiger partial charge in [-0.2, -0.15) is 13.2 Å². The van der Waals surface area contributed by atoms with Crippen LogP contribution < -0.4 is 10.6 Å². The minimum atomic E-state index is -4.47. The van der Waals surface area contributed by atoms with Gasteiger partial charge in [-0.1, -0.05) is 54.6 Å². The molecule has 0 spiro atoms. The summed E-state index contributed by atoms with van der Waals surface area (Å²) in [6.07, 6.45) is -4.06. The largest absolute Gasteiger partial charge is 0.416 e. The molecule has 3 aromatic carbocycles. The van der Waals surface area contributed by atoms with E-state index in [0.29, 0.717) is 30.6 Å². The highest BCUT2D eigenvalue weighted by Crippen LogP contribution is 2.32. The molecule has 0 aliphatic carbocycles. The van der Waals surface area contributed by atoms with E-state index in [0.717, 1.165) is 23.3 Å². The van der Waals surface area contributed by atoms with E-state index >= 15 is 0 Å². The molecule has 1 heterocycles. The van der Waals surface area contributed by atoms with Gasteiger partial charge in [-0.3, -0.25) is 4.79 Å². The van der Waals surface area contributed by atoms with E-state index in [-0.39, 0.29) is 36.8 Å². The third kappa shape index (κ3) is 6.90. The molecule has 0 aromatic heterocycles. The van der Waals surface area contributed by atoms with E-state index < -0.39 is 17.7 Å². The van der Waals surface area contributed by atoms with Crippen LogP contribution in [0.2, 0.25) is 0 Å². The van der Waals surface area contributed by atoms with Gasteiger partial charge in [-0.25, -0.2) is 9.18 Å². The summed E-state index contributed by atoms with van der Waals surface area (Å²) in [5.41, 5.74) is 1.76. The van der Waals surface area contributed by atoms with Gasteiger partial charge in [0.05, 0.1) is 11.5 Å². The smallest absolute Gasteiger partial charge is 0.352 e. The van der Waals surface area contributed by atoms with Crippen molar-refractivity contribution in [3.05, 3.63) is 106 Å². The molecule has 1 aliphatic rings. The number of carbonyl (C=O) groups is 2. The predicted molar refractivity (Wildman–Crippen MR) is 136 cm³/mol. The van der Waals surface area contributed by atoms with Gasteiger partial charge in [0.1, 0.15) is 5.82 Å². The van der Waals surface area contributed by atoms with Gasteiger partial charge in [0, 0.05) is 32.1 Å². The molecule has 5 nitrogen and oxygen atoms in total. The van der Waals surface area contributed by atoms with E-state index in [4.69, 9.17) is 0 Å². The number of nitrogens with zero attached hydrogens (tertiary/aromatic N) is 1. The fraction of sp³-hybridized carbons (Fsp3) is 0.310. The lowest BCUT2D eigenvalue weighted by molar-refractivity contribution is -0.137. The second-order valence-electron chi connectivity index (χ2n) is 9.60. The Morgan fingerprint density at radius 3 is 2.32 bits per heavy atom. The fourth-order valence-electron chi connectivity index (χ4n) is 4.69. The minimum absolute atomic E-state index is 0.0697. The van der Waals surface area contributed by atoms with E-state index in [2.05, 4.69) is 10.6 Å². The quantitative estimate of drug-likeness (QED) is 0.399. The maximum atomic E-state index is 13.9. The number of halogens is 4. The molecule has 0 radical (unpaired) electrons. The van der Waals surface area contributed by atoms with Crippen LogP contribution in [0.5, 0.6) is 0 Å². The highest BCUT2D eigenvalue weighted by Gasteiger charge is 2.35. The van der Waals surface area contributed by atoms with Crippen molar-refractivity contribution in [3.8, 4) is 0 Å². The Labute approximate surface area is 218 Å². The average molecular weight is 528 g/mol. The number of nitrogens with one attached hydrogen (secondary N) is 2. The Hall–Kier alpha value is -3.88. The standard InChI is InChI=1S/C29H29F4N3O2/c1-19-12-22(10-11-26(19)30)23-14-24(18-36(17-23)28(38)35-15-20-6-3-2-4-7-20)27(37)34-16-21-8-5-9-25(13-21)29(31,32)33/h2-13,23-24H,14-18H2,1H3,(H,34,37)(H,35,38)/t23-,24+/m0/s1. The number of alkyl halides is 3. The van der Waals surface area contributed by atoms with Gasteiger partial charge >= 0.3 is 12.2 Å². The third-order valence-electron chi connectivity index (χ3n) is 6.77. The molecule has 9 heteroatoms. The number of piperidine rings is 1. The number of aryl methyl sites for hydroxylation is 1. The van der Waals surface area contributed by atoms with Crippen molar-refractivity contribution in [3.63, 3.8) is 0 Å². The Morgan fingerprint density at radius 2 is 1.61 bits per heavy atom. The summed E-state index contributed by atoms with van der Waals surface area (Å²) in [6, 6.07) is 18.7. The van der Waals surface area contributed by atoms with Crippen LogP contribution in [0.3, 0.4) is 0 Å². The summed E-state index contributed by atoms with van der Waals surface area (Å²) in [6.45, 7) is 2.42. The molecule has 2 atom stereocenters. The number of hydrogen-bond acceptors (Lipinski definition) is 2. The lowest BCUT2D eigenvalue weighted by Gasteiger charge is -2.37. The van der Waals surface area contributed by atoms with Crippen LogP contribution in [0.25, 0.3) is 0 Å². The molecular weight excluding hydrogens is 498 g/mol. The van der Waals surface area contributed by atoms with E-state index in [1.165, 1.54) is 18.2 Å². The molecule has 1 saturated heterocycles. The van der Waals surface area contributed by atoms with Gasteiger partial charge in [-0.15, -0.1) is 0 Å². The molecular formula is C29H29F4N3O2. The Balaban J connectivity index is 1.47. The second-order valence-corrected chi connectivity index (χ2v) is 9.60. The van der Waals surface area contributed by atoms with Crippen molar-refractivity contribution in [1.82, 2.24) is 15.5 Å². The second kappa shape index (κ2) is 11.7. The van der Waals surface area contributed by atoms with Crippen LogP contribution in [0.1, 0.15) is 40.2 Å². The number of benzene rings is 3. The monoisotopic (exact) mass is 527 g/mol. The molecule has 2 N–H and O–H groups in total. The number of urea groups is 1. The molecule has 3 amide bonds. The summed E-state index contributed by atoms with van der Waals surface area (Å²) >= 11 is 0. The van der Waals surface area contributed by atoms with Crippen LogP contribution in [0.15, 0.2) is 72.8 Å². The Morgan fingerprint density at radius 1 is 0.895 bits per heavy atom. The molecule has 0 saturated carbocycles. The summed E-state index contributed by atoms with van der Waals surface area (Å²) in [7, 11) is 0. The molecule has 3 aromatic rings. The van der Waals surface area contributed by atoms with Crippen LogP contribution in [0, 0.1) is 18.7 Å². The Kier molecular flexibility index (Phi) is 8.34. The van der Waals surface area contributed by atoms with Crippen molar-refractivity contribution < 1.29 is 27.2 Å². The van der Waals surface area contributed by atoms with Crippen molar-refractivity contribution in [2.75, 3.05) is 13.1 Å². The molecule has 0 unspecified atom stereocenters. The average Bonchev–Trinajstić information content (AvgIpc) is 2.92. The lowest BCUT2D eigenvalue weighted by Crippen LogP contribution is -2.50. The molecule has 1 fully saturated rings. The van der Waals surface area contributed by atoms with Crippen molar-refractivity contribution in [2.45, 2.75) is 38.5 Å². The Bertz CT molecular complexity index is 1280. The van der Waals surface area contributed by atoms with Gasteiger partial charge in [0.15, 0.2) is 0 Å². The van der Waals surface area contributed by atoms with E-state index in [1.54, 1.807) is 24.0 Å². The highest BCUT2D eigenvalue weighted by atomic mass is 19.4. The zero-order valence-corrected chi connectivity index (χ0v) is 20.9. The SMILES string of the molecule is Cc1cc([C@H]2C[C@@H](C(=O)NCc3cccc(C(F)(F)F)c3)CN(C(=O)NCc3ccccc3)C2)ccc1F. The van der Waals surface area contributed by atoms with Crippen LogP contribution in [-0.4, -0.2) is 29.9 Å². The molecule has 200 valence electrons. The predicted octanol–water partition coefficient (Wildman–Crippen LogP) is 5.78. The first-order valence-electron chi connectivity index (χ1n) is 12.4. The van der Waals surface area contributed by atoms with Gasteiger partial charge in [-0.05, 0) is 53.8 Å². The number of hydrogen-bond donors (Lipinski definition) is 2.